The lowest BCUT2D eigenvalue weighted by Crippen LogP contribution is -2.50. The van der Waals surface area contributed by atoms with E-state index in [9.17, 15) is 9.59 Å². The Morgan fingerprint density at radius 1 is 0.968 bits per heavy atom. The summed E-state index contributed by atoms with van der Waals surface area (Å²) in [5.41, 5.74) is 3.63. The second-order valence-corrected chi connectivity index (χ2v) is 8.63. The van der Waals surface area contributed by atoms with Crippen molar-refractivity contribution in [3.05, 3.63) is 41.2 Å². The number of rotatable bonds is 5. The van der Waals surface area contributed by atoms with Crippen LogP contribution in [0.1, 0.15) is 35.6 Å². The number of carbonyl (C=O) groups excluding carboxylic acids is 2. The van der Waals surface area contributed by atoms with Gasteiger partial charge >= 0.3 is 0 Å². The summed E-state index contributed by atoms with van der Waals surface area (Å²) in [6, 6.07) is 7.84. The molecule has 7 heteroatoms. The lowest BCUT2D eigenvalue weighted by atomic mass is 10.1. The van der Waals surface area contributed by atoms with Crippen LogP contribution in [0.15, 0.2) is 24.3 Å². The molecule has 2 aliphatic heterocycles. The number of hydrogen-bond acceptors (Lipinski definition) is 5. The second-order valence-electron chi connectivity index (χ2n) is 8.63. The molecule has 1 aromatic carbocycles. The van der Waals surface area contributed by atoms with Gasteiger partial charge in [0.2, 0.25) is 5.91 Å². The van der Waals surface area contributed by atoms with Gasteiger partial charge in [-0.15, -0.1) is 0 Å². The van der Waals surface area contributed by atoms with Crippen molar-refractivity contribution in [3.63, 3.8) is 0 Å². The van der Waals surface area contributed by atoms with E-state index < -0.39 is 0 Å². The maximum Gasteiger partial charge on any atom is 0.225 e. The SMILES string of the molecule is Cc1cc(C(=O)CN2CCN(C(=O)C(C)C)CC2)c(C)n1-c1ccc2c(c1)OCCO2. The number of hydrogen-bond donors (Lipinski definition) is 0. The molecule has 1 amide bonds. The van der Waals surface area contributed by atoms with Crippen molar-refractivity contribution in [1.82, 2.24) is 14.4 Å². The van der Waals surface area contributed by atoms with Gasteiger partial charge < -0.3 is 18.9 Å². The average molecular weight is 426 g/mol. The van der Waals surface area contributed by atoms with E-state index in [1.54, 1.807) is 0 Å². The van der Waals surface area contributed by atoms with Gasteiger partial charge in [0.1, 0.15) is 13.2 Å². The Hall–Kier alpha value is -2.80. The number of ketones is 1. The summed E-state index contributed by atoms with van der Waals surface area (Å²) in [4.78, 5) is 29.3. The Morgan fingerprint density at radius 2 is 1.65 bits per heavy atom. The molecule has 0 unspecified atom stereocenters. The molecule has 166 valence electrons. The highest BCUT2D eigenvalue weighted by molar-refractivity contribution is 5.99. The van der Waals surface area contributed by atoms with Crippen LogP contribution in [0.5, 0.6) is 11.5 Å². The van der Waals surface area contributed by atoms with Gasteiger partial charge in [0.25, 0.3) is 0 Å². The van der Waals surface area contributed by atoms with Crippen molar-refractivity contribution in [2.24, 2.45) is 5.92 Å². The van der Waals surface area contributed by atoms with Crippen molar-refractivity contribution in [3.8, 4) is 17.2 Å². The predicted octanol–water partition coefficient (Wildman–Crippen LogP) is 2.85. The molecule has 0 spiro atoms. The molecule has 1 saturated heterocycles. The zero-order valence-corrected chi connectivity index (χ0v) is 18.8. The van der Waals surface area contributed by atoms with Gasteiger partial charge in [-0.25, -0.2) is 0 Å². The van der Waals surface area contributed by atoms with E-state index in [0.717, 1.165) is 47.2 Å². The maximum atomic E-state index is 13.1. The molecule has 4 rings (SSSR count). The molecule has 1 fully saturated rings. The summed E-state index contributed by atoms with van der Waals surface area (Å²) < 4.78 is 13.4. The molecule has 0 N–H and O–H groups in total. The Morgan fingerprint density at radius 3 is 2.32 bits per heavy atom. The lowest BCUT2D eigenvalue weighted by Gasteiger charge is -2.35. The predicted molar refractivity (Wildman–Crippen MR) is 118 cm³/mol. The van der Waals surface area contributed by atoms with Crippen molar-refractivity contribution >= 4 is 11.7 Å². The molecule has 3 heterocycles. The number of benzene rings is 1. The highest BCUT2D eigenvalue weighted by Gasteiger charge is 2.25. The number of nitrogens with zero attached hydrogens (tertiary/aromatic N) is 3. The van der Waals surface area contributed by atoms with Crippen LogP contribution in [-0.2, 0) is 4.79 Å². The standard InChI is InChI=1S/C24H31N3O4/c1-16(2)24(29)26-9-7-25(8-10-26)15-21(28)20-13-17(3)27(18(20)4)19-5-6-22-23(14-19)31-12-11-30-22/h5-6,13-14,16H,7-12,15H2,1-4H3. The summed E-state index contributed by atoms with van der Waals surface area (Å²) in [6.45, 7) is 12.1. The zero-order valence-electron chi connectivity index (χ0n) is 18.8. The summed E-state index contributed by atoms with van der Waals surface area (Å²) in [7, 11) is 0. The molecule has 7 nitrogen and oxygen atoms in total. The van der Waals surface area contributed by atoms with Gasteiger partial charge in [0.05, 0.1) is 6.54 Å². The molecule has 2 aromatic rings. The van der Waals surface area contributed by atoms with Crippen LogP contribution in [-0.4, -0.2) is 72.0 Å². The first-order valence-electron chi connectivity index (χ1n) is 11.0. The van der Waals surface area contributed by atoms with Crippen molar-refractivity contribution in [1.29, 1.82) is 0 Å². The second kappa shape index (κ2) is 8.75. The minimum Gasteiger partial charge on any atom is -0.486 e. The van der Waals surface area contributed by atoms with E-state index in [0.29, 0.717) is 32.8 Å². The van der Waals surface area contributed by atoms with Crippen LogP contribution < -0.4 is 9.47 Å². The van der Waals surface area contributed by atoms with Crippen LogP contribution in [0.4, 0.5) is 0 Å². The van der Waals surface area contributed by atoms with Gasteiger partial charge in [-0.1, -0.05) is 13.8 Å². The third-order valence-corrected chi connectivity index (χ3v) is 6.06. The van der Waals surface area contributed by atoms with Crippen LogP contribution in [0.3, 0.4) is 0 Å². The van der Waals surface area contributed by atoms with Crippen LogP contribution in [0, 0.1) is 19.8 Å². The Balaban J connectivity index is 1.46. The number of aromatic nitrogens is 1. The highest BCUT2D eigenvalue weighted by atomic mass is 16.6. The monoisotopic (exact) mass is 425 g/mol. The molecule has 0 radical (unpaired) electrons. The topological polar surface area (TPSA) is 64.0 Å². The summed E-state index contributed by atoms with van der Waals surface area (Å²) in [5, 5.41) is 0. The molecule has 0 atom stereocenters. The van der Waals surface area contributed by atoms with E-state index in [1.165, 1.54) is 0 Å². The average Bonchev–Trinajstić information content (AvgIpc) is 3.07. The van der Waals surface area contributed by atoms with Gasteiger partial charge in [0, 0.05) is 60.8 Å². The zero-order chi connectivity index (χ0) is 22.1. The normalized spacial score (nSPS) is 16.6. The molecular weight excluding hydrogens is 394 g/mol. The molecule has 1 aromatic heterocycles. The molecule has 0 saturated carbocycles. The van der Waals surface area contributed by atoms with Gasteiger partial charge in [0.15, 0.2) is 17.3 Å². The van der Waals surface area contributed by atoms with Crippen LogP contribution in [0.25, 0.3) is 5.69 Å². The first kappa shape index (κ1) is 21.4. The smallest absolute Gasteiger partial charge is 0.225 e. The van der Waals surface area contributed by atoms with Gasteiger partial charge in [-0.3, -0.25) is 14.5 Å². The largest absolute Gasteiger partial charge is 0.486 e. The van der Waals surface area contributed by atoms with E-state index in [-0.39, 0.29) is 17.6 Å². The number of Topliss-reactive ketones (excluding diaryl/α,β-unsaturated/α-hetero) is 1. The lowest BCUT2D eigenvalue weighted by molar-refractivity contribution is -0.136. The highest BCUT2D eigenvalue weighted by Crippen LogP contribution is 2.33. The minimum absolute atomic E-state index is 0.0131. The van der Waals surface area contributed by atoms with Gasteiger partial charge in [-0.2, -0.15) is 0 Å². The number of carbonyl (C=O) groups is 2. The van der Waals surface area contributed by atoms with E-state index >= 15 is 0 Å². The van der Waals surface area contributed by atoms with E-state index in [2.05, 4.69) is 9.47 Å². The van der Waals surface area contributed by atoms with Gasteiger partial charge in [-0.05, 0) is 32.0 Å². The number of fused-ring (bicyclic) bond motifs is 1. The van der Waals surface area contributed by atoms with E-state index in [4.69, 9.17) is 9.47 Å². The Bertz CT molecular complexity index is 987. The van der Waals surface area contributed by atoms with Crippen LogP contribution in [0.2, 0.25) is 0 Å². The molecular formula is C24H31N3O4. The number of piperazine rings is 1. The summed E-state index contributed by atoms with van der Waals surface area (Å²) >= 11 is 0. The quantitative estimate of drug-likeness (QED) is 0.690. The third-order valence-electron chi connectivity index (χ3n) is 6.06. The fraction of sp³-hybridized carbons (Fsp3) is 0.500. The molecule has 2 aliphatic rings. The van der Waals surface area contributed by atoms with Crippen molar-refractivity contribution in [2.75, 3.05) is 45.9 Å². The molecule has 0 aliphatic carbocycles. The first-order chi connectivity index (χ1) is 14.8. The van der Waals surface area contributed by atoms with Crippen molar-refractivity contribution in [2.45, 2.75) is 27.7 Å². The number of aryl methyl sites for hydroxylation is 1. The molecule has 0 bridgehead atoms. The number of amides is 1. The Labute approximate surface area is 183 Å². The molecule has 31 heavy (non-hydrogen) atoms. The summed E-state index contributed by atoms with van der Waals surface area (Å²) in [5.74, 6) is 1.80. The Kier molecular flexibility index (Phi) is 6.05. The van der Waals surface area contributed by atoms with Crippen LogP contribution >= 0.6 is 0 Å². The third kappa shape index (κ3) is 4.32. The fourth-order valence-corrected chi connectivity index (χ4v) is 4.39. The summed E-state index contributed by atoms with van der Waals surface area (Å²) in [6.07, 6.45) is 0. The minimum atomic E-state index is 0.0131. The first-order valence-corrected chi connectivity index (χ1v) is 11.0. The fourth-order valence-electron chi connectivity index (χ4n) is 4.39. The van der Waals surface area contributed by atoms with E-state index in [1.807, 2.05) is 56.9 Å². The maximum absolute atomic E-state index is 13.1. The number of ether oxygens (including phenoxy) is 2. The van der Waals surface area contributed by atoms with Crippen molar-refractivity contribution < 1.29 is 19.1 Å².